The molecule has 152 valence electrons. The lowest BCUT2D eigenvalue weighted by molar-refractivity contribution is 0.0106. The number of hydrogen-bond donors (Lipinski definition) is 1. The molecular weight excluding hydrogens is 352 g/mol. The molecule has 3 rings (SSSR count). The number of rotatable bonds is 6. The highest BCUT2D eigenvalue weighted by molar-refractivity contribution is 6.74. The minimum absolute atomic E-state index is 0.122. The first-order valence-corrected chi connectivity index (χ1v) is 13.6. The molecule has 4 heteroatoms. The number of ether oxygens (including phenoxy) is 1. The van der Waals surface area contributed by atoms with E-state index in [1.165, 1.54) is 5.56 Å². The number of hydrogen-bond acceptors (Lipinski definition) is 3. The lowest BCUT2D eigenvalue weighted by Gasteiger charge is -2.40. The standard InChI is InChI=1S/C23H38O3Si/c1-23(2,3)27(4,5)26-22-14-18-13-19(24)11-12-20(18)21(22)16-25-15-17-9-7-6-8-10-17/h6-10,18-22,24H,11-16H2,1-5H3/t18-,19+,20+,21-,22-/m0/s1. The Morgan fingerprint density at radius 1 is 1.07 bits per heavy atom. The summed E-state index contributed by atoms with van der Waals surface area (Å²) in [5.41, 5.74) is 1.23. The number of benzene rings is 1. The Hall–Kier alpha value is -0.683. The zero-order valence-corrected chi connectivity index (χ0v) is 18.8. The van der Waals surface area contributed by atoms with Gasteiger partial charge in [-0.15, -0.1) is 0 Å². The molecule has 1 aromatic carbocycles. The van der Waals surface area contributed by atoms with E-state index in [4.69, 9.17) is 9.16 Å². The zero-order valence-electron chi connectivity index (χ0n) is 17.8. The van der Waals surface area contributed by atoms with Crippen LogP contribution in [0.3, 0.4) is 0 Å². The van der Waals surface area contributed by atoms with E-state index in [1.54, 1.807) is 0 Å². The maximum Gasteiger partial charge on any atom is 0.192 e. The molecule has 0 bridgehead atoms. The summed E-state index contributed by atoms with van der Waals surface area (Å²) in [6.07, 6.45) is 4.24. The molecule has 0 radical (unpaired) electrons. The van der Waals surface area contributed by atoms with E-state index in [1.807, 2.05) is 6.07 Å². The molecule has 2 aliphatic rings. The van der Waals surface area contributed by atoms with Gasteiger partial charge < -0.3 is 14.3 Å². The molecule has 5 atom stereocenters. The monoisotopic (exact) mass is 390 g/mol. The number of aliphatic hydroxyl groups is 1. The molecule has 27 heavy (non-hydrogen) atoms. The number of aliphatic hydroxyl groups excluding tert-OH is 1. The maximum atomic E-state index is 10.2. The van der Waals surface area contributed by atoms with Crippen molar-refractivity contribution in [2.75, 3.05) is 6.61 Å². The van der Waals surface area contributed by atoms with Crippen LogP contribution in [-0.4, -0.2) is 32.2 Å². The van der Waals surface area contributed by atoms with Crippen molar-refractivity contribution in [1.29, 1.82) is 0 Å². The Balaban J connectivity index is 1.67. The second kappa shape index (κ2) is 8.36. The highest BCUT2D eigenvalue weighted by atomic mass is 28.4. The van der Waals surface area contributed by atoms with Gasteiger partial charge in [-0.1, -0.05) is 51.1 Å². The molecular formula is C23H38O3Si. The summed E-state index contributed by atoms with van der Waals surface area (Å²) < 4.78 is 13.1. The third-order valence-electron chi connectivity index (χ3n) is 7.25. The molecule has 0 spiro atoms. The van der Waals surface area contributed by atoms with E-state index < -0.39 is 8.32 Å². The normalized spacial score (nSPS) is 31.7. The van der Waals surface area contributed by atoms with Gasteiger partial charge in [0, 0.05) is 5.92 Å². The van der Waals surface area contributed by atoms with Crippen LogP contribution in [-0.2, 0) is 15.8 Å². The molecule has 3 nitrogen and oxygen atoms in total. The predicted molar refractivity (Wildman–Crippen MR) is 113 cm³/mol. The van der Waals surface area contributed by atoms with Crippen LogP contribution in [0.4, 0.5) is 0 Å². The fourth-order valence-corrected chi connectivity index (χ4v) is 6.04. The minimum Gasteiger partial charge on any atom is -0.414 e. The third kappa shape index (κ3) is 5.03. The first-order valence-electron chi connectivity index (χ1n) is 10.6. The molecule has 0 unspecified atom stereocenters. The van der Waals surface area contributed by atoms with Crippen LogP contribution in [0.2, 0.25) is 18.1 Å². The van der Waals surface area contributed by atoms with E-state index in [0.29, 0.717) is 24.4 Å². The van der Waals surface area contributed by atoms with Crippen molar-refractivity contribution in [2.45, 2.75) is 83.4 Å². The second-order valence-electron chi connectivity index (χ2n) is 10.2. The van der Waals surface area contributed by atoms with Gasteiger partial charge in [0.15, 0.2) is 8.32 Å². The average molecular weight is 391 g/mol. The minimum atomic E-state index is -1.81. The van der Waals surface area contributed by atoms with Crippen molar-refractivity contribution in [3.63, 3.8) is 0 Å². The van der Waals surface area contributed by atoms with Crippen LogP contribution in [0.25, 0.3) is 0 Å². The second-order valence-corrected chi connectivity index (χ2v) is 15.0. The predicted octanol–water partition coefficient (Wildman–Crippen LogP) is 5.39. The molecule has 2 aliphatic carbocycles. The van der Waals surface area contributed by atoms with Gasteiger partial charge in [0.25, 0.3) is 0 Å². The quantitative estimate of drug-likeness (QED) is 0.662. The summed E-state index contributed by atoms with van der Waals surface area (Å²) in [6, 6.07) is 10.4. The Bertz CT molecular complexity index is 595. The molecule has 0 aliphatic heterocycles. The third-order valence-corrected chi connectivity index (χ3v) is 11.8. The average Bonchev–Trinajstić information content (AvgIpc) is 2.90. The SMILES string of the molecule is CC(C)(C)[Si](C)(C)O[C@H]1C[C@@H]2C[C@H](O)CC[C@H]2[C@@H]1COCc1ccccc1. The van der Waals surface area contributed by atoms with Gasteiger partial charge in [0.05, 0.1) is 25.4 Å². The molecule has 0 aromatic heterocycles. The lowest BCUT2D eigenvalue weighted by atomic mass is 9.77. The first kappa shape index (κ1) is 21.0. The van der Waals surface area contributed by atoms with Crippen molar-refractivity contribution in [1.82, 2.24) is 0 Å². The summed E-state index contributed by atoms with van der Waals surface area (Å²) >= 11 is 0. The van der Waals surface area contributed by atoms with Gasteiger partial charge in [0.2, 0.25) is 0 Å². The van der Waals surface area contributed by atoms with Gasteiger partial charge >= 0.3 is 0 Å². The fourth-order valence-electron chi connectivity index (χ4n) is 4.65. The molecule has 1 aromatic rings. The number of fused-ring (bicyclic) bond motifs is 1. The van der Waals surface area contributed by atoms with Crippen LogP contribution in [0.5, 0.6) is 0 Å². The van der Waals surface area contributed by atoms with E-state index in [9.17, 15) is 5.11 Å². The Morgan fingerprint density at radius 3 is 2.44 bits per heavy atom. The topological polar surface area (TPSA) is 38.7 Å². The molecule has 2 fully saturated rings. The molecule has 0 heterocycles. The molecule has 2 saturated carbocycles. The van der Waals surface area contributed by atoms with Crippen molar-refractivity contribution in [2.24, 2.45) is 17.8 Å². The summed E-state index contributed by atoms with van der Waals surface area (Å²) in [7, 11) is -1.81. The molecule has 1 N–H and O–H groups in total. The van der Waals surface area contributed by atoms with Crippen molar-refractivity contribution in [3.8, 4) is 0 Å². The molecule has 0 amide bonds. The van der Waals surface area contributed by atoms with E-state index in [-0.39, 0.29) is 17.2 Å². The van der Waals surface area contributed by atoms with Crippen molar-refractivity contribution < 1.29 is 14.3 Å². The van der Waals surface area contributed by atoms with Crippen LogP contribution in [0.1, 0.15) is 52.0 Å². The summed E-state index contributed by atoms with van der Waals surface area (Å²) in [4.78, 5) is 0. The Labute approximate surface area is 166 Å². The first-order chi connectivity index (χ1) is 12.7. The van der Waals surface area contributed by atoms with Crippen LogP contribution in [0.15, 0.2) is 30.3 Å². The largest absolute Gasteiger partial charge is 0.414 e. The lowest BCUT2D eigenvalue weighted by Crippen LogP contribution is -2.45. The maximum absolute atomic E-state index is 10.2. The smallest absolute Gasteiger partial charge is 0.192 e. The van der Waals surface area contributed by atoms with Crippen molar-refractivity contribution in [3.05, 3.63) is 35.9 Å². The van der Waals surface area contributed by atoms with Crippen LogP contribution >= 0.6 is 0 Å². The Morgan fingerprint density at radius 2 is 1.78 bits per heavy atom. The fraction of sp³-hybridized carbons (Fsp3) is 0.739. The van der Waals surface area contributed by atoms with Crippen molar-refractivity contribution >= 4 is 8.32 Å². The van der Waals surface area contributed by atoms with Crippen LogP contribution < -0.4 is 0 Å². The van der Waals surface area contributed by atoms with Gasteiger partial charge in [0.1, 0.15) is 0 Å². The molecule has 0 saturated heterocycles. The summed E-state index contributed by atoms with van der Waals surface area (Å²) in [5, 5.41) is 10.4. The highest BCUT2D eigenvalue weighted by Crippen LogP contribution is 2.49. The Kier molecular flexibility index (Phi) is 6.51. The highest BCUT2D eigenvalue weighted by Gasteiger charge is 2.49. The summed E-state index contributed by atoms with van der Waals surface area (Å²) in [5.74, 6) is 1.69. The van der Waals surface area contributed by atoms with E-state index in [0.717, 1.165) is 32.3 Å². The van der Waals surface area contributed by atoms with E-state index in [2.05, 4.69) is 58.1 Å². The zero-order chi connectivity index (χ0) is 19.7. The van der Waals surface area contributed by atoms with Gasteiger partial charge in [-0.25, -0.2) is 0 Å². The van der Waals surface area contributed by atoms with Crippen LogP contribution in [0, 0.1) is 17.8 Å². The summed E-state index contributed by atoms with van der Waals surface area (Å²) in [6.45, 7) is 13.1. The van der Waals surface area contributed by atoms with Gasteiger partial charge in [-0.3, -0.25) is 0 Å². The van der Waals surface area contributed by atoms with E-state index >= 15 is 0 Å². The van der Waals surface area contributed by atoms with Gasteiger partial charge in [-0.05, 0) is 61.2 Å². The van der Waals surface area contributed by atoms with Gasteiger partial charge in [-0.2, -0.15) is 0 Å².